The summed E-state index contributed by atoms with van der Waals surface area (Å²) in [5.74, 6) is 0.524. The summed E-state index contributed by atoms with van der Waals surface area (Å²) >= 11 is 0. The molecule has 1 aliphatic rings. The van der Waals surface area contributed by atoms with Gasteiger partial charge in [0.1, 0.15) is 5.82 Å². The van der Waals surface area contributed by atoms with Crippen LogP contribution in [0.25, 0.3) is 0 Å². The van der Waals surface area contributed by atoms with E-state index in [-0.39, 0.29) is 17.9 Å². The predicted molar refractivity (Wildman–Crippen MR) is 90.1 cm³/mol. The van der Waals surface area contributed by atoms with Gasteiger partial charge in [-0.25, -0.2) is 4.98 Å². The Hall–Kier alpha value is -2.67. The maximum absolute atomic E-state index is 12.4. The molecule has 2 heterocycles. The molecule has 0 aliphatic carbocycles. The fraction of sp³-hybridized carbons (Fsp3) is 0.353. The molecule has 2 unspecified atom stereocenters. The first-order valence-electron chi connectivity index (χ1n) is 7.95. The van der Waals surface area contributed by atoms with E-state index in [0.717, 1.165) is 17.8 Å². The molecule has 4 N–H and O–H groups in total. The standard InChI is InChI=1S/C17H21N5O2/c1-22-9-8-19-15(22)10-12(18)17(24)21-13-5-3-2-4-11(13)14-6-7-16(23)20-14/h2-5,8-9,12,14H,6-7,10,18H2,1H3,(H,20,23)(H,21,24). The van der Waals surface area contributed by atoms with Crippen LogP contribution in [0.3, 0.4) is 0 Å². The molecular formula is C17H21N5O2. The molecule has 2 aromatic rings. The maximum atomic E-state index is 12.4. The summed E-state index contributed by atoms with van der Waals surface area (Å²) < 4.78 is 1.84. The second-order valence-electron chi connectivity index (χ2n) is 6.00. The molecule has 1 aliphatic heterocycles. The van der Waals surface area contributed by atoms with Gasteiger partial charge < -0.3 is 20.9 Å². The number of aromatic nitrogens is 2. The monoisotopic (exact) mass is 327 g/mol. The van der Waals surface area contributed by atoms with Crippen LogP contribution >= 0.6 is 0 Å². The minimum Gasteiger partial charge on any atom is -0.349 e. The number of imidazole rings is 1. The van der Waals surface area contributed by atoms with Gasteiger partial charge in [0.2, 0.25) is 11.8 Å². The third-order valence-electron chi connectivity index (χ3n) is 4.25. The molecule has 1 saturated heterocycles. The number of benzene rings is 1. The number of carbonyl (C=O) groups is 2. The third-order valence-corrected chi connectivity index (χ3v) is 4.25. The van der Waals surface area contributed by atoms with E-state index < -0.39 is 6.04 Å². The maximum Gasteiger partial charge on any atom is 0.241 e. The largest absolute Gasteiger partial charge is 0.349 e. The number of hydrogen-bond donors (Lipinski definition) is 3. The fourth-order valence-electron chi connectivity index (χ4n) is 2.87. The van der Waals surface area contributed by atoms with Crippen LogP contribution in [-0.2, 0) is 23.1 Å². The molecule has 2 amide bonds. The van der Waals surface area contributed by atoms with E-state index in [0.29, 0.717) is 18.5 Å². The van der Waals surface area contributed by atoms with Gasteiger partial charge in [-0.2, -0.15) is 0 Å². The molecule has 1 aromatic heterocycles. The van der Waals surface area contributed by atoms with E-state index in [9.17, 15) is 9.59 Å². The number of para-hydroxylation sites is 1. The van der Waals surface area contributed by atoms with Gasteiger partial charge in [0, 0.05) is 38.0 Å². The van der Waals surface area contributed by atoms with Gasteiger partial charge in [-0.15, -0.1) is 0 Å². The van der Waals surface area contributed by atoms with Crippen molar-refractivity contribution in [1.29, 1.82) is 0 Å². The van der Waals surface area contributed by atoms with Crippen LogP contribution in [0.5, 0.6) is 0 Å². The lowest BCUT2D eigenvalue weighted by molar-refractivity contribution is -0.119. The summed E-state index contributed by atoms with van der Waals surface area (Å²) in [6.45, 7) is 0. The molecule has 0 radical (unpaired) electrons. The summed E-state index contributed by atoms with van der Waals surface area (Å²) in [6.07, 6.45) is 5.09. The van der Waals surface area contributed by atoms with Crippen LogP contribution in [0.4, 0.5) is 5.69 Å². The molecule has 1 aromatic carbocycles. The lowest BCUT2D eigenvalue weighted by atomic mass is 10.0. The molecule has 0 spiro atoms. The smallest absolute Gasteiger partial charge is 0.241 e. The zero-order chi connectivity index (χ0) is 17.1. The molecule has 126 valence electrons. The van der Waals surface area contributed by atoms with Gasteiger partial charge in [-0.05, 0) is 18.1 Å². The van der Waals surface area contributed by atoms with Crippen molar-refractivity contribution in [2.45, 2.75) is 31.3 Å². The number of hydrogen-bond acceptors (Lipinski definition) is 4. The van der Waals surface area contributed by atoms with Gasteiger partial charge in [0.05, 0.1) is 12.1 Å². The summed E-state index contributed by atoms with van der Waals surface area (Å²) in [5, 5.41) is 5.80. The van der Waals surface area contributed by atoms with Crippen LogP contribution in [0, 0.1) is 0 Å². The van der Waals surface area contributed by atoms with Gasteiger partial charge in [-0.3, -0.25) is 9.59 Å². The number of carbonyl (C=O) groups excluding carboxylic acids is 2. The van der Waals surface area contributed by atoms with Crippen molar-refractivity contribution in [3.05, 3.63) is 48.0 Å². The second kappa shape index (κ2) is 6.84. The third kappa shape index (κ3) is 3.46. The molecule has 0 saturated carbocycles. The first-order chi connectivity index (χ1) is 11.5. The highest BCUT2D eigenvalue weighted by molar-refractivity contribution is 5.95. The van der Waals surface area contributed by atoms with Gasteiger partial charge in [0.25, 0.3) is 0 Å². The molecular weight excluding hydrogens is 306 g/mol. The average molecular weight is 327 g/mol. The number of aryl methyl sites for hydroxylation is 1. The van der Waals surface area contributed by atoms with Crippen LogP contribution < -0.4 is 16.4 Å². The SMILES string of the molecule is Cn1ccnc1CC(N)C(=O)Nc1ccccc1C1CCC(=O)N1. The van der Waals surface area contributed by atoms with Crippen LogP contribution in [0.1, 0.15) is 30.3 Å². The zero-order valence-electron chi connectivity index (χ0n) is 13.5. The quantitative estimate of drug-likeness (QED) is 0.758. The molecule has 7 nitrogen and oxygen atoms in total. The Labute approximate surface area is 140 Å². The summed E-state index contributed by atoms with van der Waals surface area (Å²) in [7, 11) is 1.87. The zero-order valence-corrected chi connectivity index (χ0v) is 13.5. The number of amides is 2. The van der Waals surface area contributed by atoms with E-state index >= 15 is 0 Å². The molecule has 24 heavy (non-hydrogen) atoms. The minimum absolute atomic E-state index is 0.0348. The van der Waals surface area contributed by atoms with Crippen molar-refractivity contribution in [2.24, 2.45) is 12.8 Å². The fourth-order valence-corrected chi connectivity index (χ4v) is 2.87. The summed E-state index contributed by atoms with van der Waals surface area (Å²) in [5.41, 5.74) is 7.60. The number of rotatable bonds is 5. The Morgan fingerprint density at radius 1 is 1.50 bits per heavy atom. The Bertz CT molecular complexity index is 755. The van der Waals surface area contributed by atoms with E-state index in [4.69, 9.17) is 5.73 Å². The molecule has 3 rings (SSSR count). The average Bonchev–Trinajstić information content (AvgIpc) is 3.17. The second-order valence-corrected chi connectivity index (χ2v) is 6.00. The summed E-state index contributed by atoms with van der Waals surface area (Å²) in [4.78, 5) is 28.1. The highest BCUT2D eigenvalue weighted by atomic mass is 16.2. The Kier molecular flexibility index (Phi) is 4.61. The van der Waals surface area contributed by atoms with Gasteiger partial charge in [0.15, 0.2) is 0 Å². The Morgan fingerprint density at radius 3 is 2.96 bits per heavy atom. The van der Waals surface area contributed by atoms with E-state index in [1.165, 1.54) is 0 Å². The molecule has 7 heteroatoms. The highest BCUT2D eigenvalue weighted by Crippen LogP contribution is 2.29. The minimum atomic E-state index is -0.697. The number of nitrogens with zero attached hydrogens (tertiary/aromatic N) is 2. The van der Waals surface area contributed by atoms with E-state index in [1.54, 1.807) is 6.20 Å². The van der Waals surface area contributed by atoms with Crippen LogP contribution in [0.15, 0.2) is 36.7 Å². The van der Waals surface area contributed by atoms with Crippen molar-refractivity contribution in [2.75, 3.05) is 5.32 Å². The van der Waals surface area contributed by atoms with Crippen molar-refractivity contribution < 1.29 is 9.59 Å². The van der Waals surface area contributed by atoms with Crippen LogP contribution in [-0.4, -0.2) is 27.4 Å². The number of nitrogens with one attached hydrogen (secondary N) is 2. The van der Waals surface area contributed by atoms with Gasteiger partial charge in [-0.1, -0.05) is 18.2 Å². The highest BCUT2D eigenvalue weighted by Gasteiger charge is 2.25. The van der Waals surface area contributed by atoms with E-state index in [2.05, 4.69) is 15.6 Å². The Balaban J connectivity index is 1.70. The van der Waals surface area contributed by atoms with Crippen molar-refractivity contribution in [3.63, 3.8) is 0 Å². The van der Waals surface area contributed by atoms with Crippen molar-refractivity contribution >= 4 is 17.5 Å². The van der Waals surface area contributed by atoms with Gasteiger partial charge >= 0.3 is 0 Å². The molecule has 2 atom stereocenters. The first kappa shape index (κ1) is 16.2. The molecule has 1 fully saturated rings. The summed E-state index contributed by atoms with van der Waals surface area (Å²) in [6, 6.07) is 6.71. The topological polar surface area (TPSA) is 102 Å². The first-order valence-corrected chi connectivity index (χ1v) is 7.95. The lowest BCUT2D eigenvalue weighted by Gasteiger charge is -2.18. The predicted octanol–water partition coefficient (Wildman–Crippen LogP) is 0.880. The Morgan fingerprint density at radius 2 is 2.29 bits per heavy atom. The lowest BCUT2D eigenvalue weighted by Crippen LogP contribution is -2.38. The number of nitrogens with two attached hydrogens (primary N) is 1. The number of anilines is 1. The molecule has 0 bridgehead atoms. The normalized spacial score (nSPS) is 18.2. The van der Waals surface area contributed by atoms with E-state index in [1.807, 2.05) is 42.1 Å². The van der Waals surface area contributed by atoms with Crippen molar-refractivity contribution in [1.82, 2.24) is 14.9 Å². The van der Waals surface area contributed by atoms with Crippen molar-refractivity contribution in [3.8, 4) is 0 Å². The van der Waals surface area contributed by atoms with Crippen LogP contribution in [0.2, 0.25) is 0 Å².